The van der Waals surface area contributed by atoms with Crippen molar-refractivity contribution in [3.8, 4) is 11.1 Å². The van der Waals surface area contributed by atoms with E-state index in [4.69, 9.17) is 17.3 Å². The highest BCUT2D eigenvalue weighted by Crippen LogP contribution is 2.38. The highest BCUT2D eigenvalue weighted by atomic mass is 35.5. The molecule has 2 aromatic heterocycles. The highest BCUT2D eigenvalue weighted by molar-refractivity contribution is 6.31. The zero-order valence-electron chi connectivity index (χ0n) is 13.9. The average Bonchev–Trinajstić information content (AvgIpc) is 2.98. The minimum Gasteiger partial charge on any atom is -0.395 e. The topological polar surface area (TPSA) is 76.4 Å². The summed E-state index contributed by atoms with van der Waals surface area (Å²) >= 11 is 6.25. The van der Waals surface area contributed by atoms with E-state index in [0.717, 1.165) is 33.4 Å². The second-order valence-electron chi connectivity index (χ2n) is 6.15. The van der Waals surface area contributed by atoms with Gasteiger partial charge in [0, 0.05) is 16.0 Å². The maximum Gasteiger partial charge on any atom is 0.185 e. The summed E-state index contributed by atoms with van der Waals surface area (Å²) in [5.74, 6) is 0.769. The third-order valence-electron chi connectivity index (χ3n) is 4.49. The number of nitrogens with two attached hydrogens (primary N) is 1. The molecule has 0 aliphatic heterocycles. The van der Waals surface area contributed by atoms with Gasteiger partial charge in [0.25, 0.3) is 0 Å². The number of nitrogen functional groups attached to an aromatic ring is 1. The summed E-state index contributed by atoms with van der Waals surface area (Å²) in [5.41, 5.74) is 11.3. The van der Waals surface area contributed by atoms with E-state index in [1.54, 1.807) is 6.92 Å². The van der Waals surface area contributed by atoms with Crippen LogP contribution >= 0.6 is 11.6 Å². The number of aromatic nitrogens is 3. The molecular formula is C19H17ClN4O. The Labute approximate surface area is 149 Å². The van der Waals surface area contributed by atoms with Gasteiger partial charge in [0.05, 0.1) is 17.3 Å². The third-order valence-corrected chi connectivity index (χ3v) is 4.72. The summed E-state index contributed by atoms with van der Waals surface area (Å²) < 4.78 is 1.94. The van der Waals surface area contributed by atoms with Crippen molar-refractivity contribution in [3.63, 3.8) is 0 Å². The van der Waals surface area contributed by atoms with Crippen molar-refractivity contribution < 1.29 is 5.11 Å². The van der Waals surface area contributed by atoms with Crippen molar-refractivity contribution in [1.29, 1.82) is 0 Å². The Balaban J connectivity index is 2.11. The molecule has 0 amide bonds. The fourth-order valence-corrected chi connectivity index (χ4v) is 3.40. The Morgan fingerprint density at radius 3 is 2.52 bits per heavy atom. The minimum atomic E-state index is -0.515. The number of halogens is 1. The molecule has 126 valence electrons. The second-order valence-corrected chi connectivity index (χ2v) is 6.59. The number of rotatable bonds is 2. The maximum atomic E-state index is 9.73. The number of anilines is 1. The predicted molar refractivity (Wildman–Crippen MR) is 101 cm³/mol. The van der Waals surface area contributed by atoms with Gasteiger partial charge in [0.15, 0.2) is 5.65 Å². The smallest absolute Gasteiger partial charge is 0.185 e. The lowest BCUT2D eigenvalue weighted by molar-refractivity contribution is 0.199. The summed E-state index contributed by atoms with van der Waals surface area (Å²) in [6.45, 7) is 3.63. The van der Waals surface area contributed by atoms with E-state index in [1.807, 2.05) is 53.8 Å². The number of hydrogen-bond acceptors (Lipinski definition) is 4. The van der Waals surface area contributed by atoms with E-state index < -0.39 is 6.10 Å². The lowest BCUT2D eigenvalue weighted by atomic mass is 9.97. The fraction of sp³-hybridized carbons (Fsp3) is 0.158. The molecule has 0 bridgehead atoms. The van der Waals surface area contributed by atoms with Gasteiger partial charge in [-0.25, -0.2) is 0 Å². The molecule has 0 radical (unpaired) electrons. The van der Waals surface area contributed by atoms with Crippen LogP contribution in [-0.4, -0.2) is 19.7 Å². The van der Waals surface area contributed by atoms with E-state index in [1.165, 1.54) is 0 Å². The van der Waals surface area contributed by atoms with Crippen molar-refractivity contribution in [2.24, 2.45) is 0 Å². The predicted octanol–water partition coefficient (Wildman–Crippen LogP) is 4.15. The van der Waals surface area contributed by atoms with Gasteiger partial charge in [-0.3, -0.25) is 4.40 Å². The molecule has 0 saturated carbocycles. The molecule has 0 aliphatic carbocycles. The van der Waals surface area contributed by atoms with Crippen LogP contribution in [0.25, 0.3) is 27.7 Å². The van der Waals surface area contributed by atoms with E-state index in [9.17, 15) is 5.11 Å². The van der Waals surface area contributed by atoms with Crippen molar-refractivity contribution in [2.75, 3.05) is 5.73 Å². The number of pyridine rings is 1. The van der Waals surface area contributed by atoms with Crippen LogP contribution in [0.4, 0.5) is 5.69 Å². The van der Waals surface area contributed by atoms with E-state index in [2.05, 4.69) is 10.2 Å². The maximum absolute atomic E-state index is 9.73. The third kappa shape index (κ3) is 2.44. The van der Waals surface area contributed by atoms with E-state index in [0.29, 0.717) is 16.4 Å². The first-order valence-electron chi connectivity index (χ1n) is 7.98. The van der Waals surface area contributed by atoms with Gasteiger partial charge in [-0.15, -0.1) is 10.2 Å². The van der Waals surface area contributed by atoms with Crippen LogP contribution in [-0.2, 0) is 0 Å². The molecule has 0 aliphatic rings. The average molecular weight is 353 g/mol. The van der Waals surface area contributed by atoms with Crippen LogP contribution in [0.5, 0.6) is 0 Å². The fourth-order valence-electron chi connectivity index (χ4n) is 3.22. The van der Waals surface area contributed by atoms with Crippen LogP contribution in [0.1, 0.15) is 24.4 Å². The van der Waals surface area contributed by atoms with Crippen molar-refractivity contribution >= 4 is 33.8 Å². The summed E-state index contributed by atoms with van der Waals surface area (Å²) in [4.78, 5) is 0. The molecular weight excluding hydrogens is 336 g/mol. The van der Waals surface area contributed by atoms with E-state index >= 15 is 0 Å². The van der Waals surface area contributed by atoms with Gasteiger partial charge in [-0.05, 0) is 43.2 Å². The Morgan fingerprint density at radius 2 is 1.84 bits per heavy atom. The number of fused-ring (bicyclic) bond motifs is 3. The Bertz CT molecular complexity index is 1100. The second kappa shape index (κ2) is 5.72. The van der Waals surface area contributed by atoms with Crippen molar-refractivity contribution in [2.45, 2.75) is 20.0 Å². The number of benzene rings is 2. The number of aliphatic hydroxyl groups is 1. The number of hydrogen-bond donors (Lipinski definition) is 2. The van der Waals surface area contributed by atoms with Gasteiger partial charge in [-0.1, -0.05) is 35.9 Å². The summed E-state index contributed by atoms with van der Waals surface area (Å²) in [6, 6.07) is 13.4. The van der Waals surface area contributed by atoms with Crippen LogP contribution in [0.15, 0.2) is 42.5 Å². The number of aryl methyl sites for hydroxylation is 1. The van der Waals surface area contributed by atoms with Crippen molar-refractivity contribution in [1.82, 2.24) is 14.6 Å². The number of aliphatic hydroxyl groups excluding tert-OH is 1. The normalized spacial score (nSPS) is 12.8. The molecule has 6 heteroatoms. The molecule has 5 nitrogen and oxygen atoms in total. The van der Waals surface area contributed by atoms with Crippen LogP contribution in [0, 0.1) is 6.92 Å². The first-order chi connectivity index (χ1) is 12.0. The molecule has 0 fully saturated rings. The molecule has 3 N–H and O–H groups in total. The van der Waals surface area contributed by atoms with Gasteiger partial charge < -0.3 is 10.8 Å². The standard InChI is InChI=1S/C19H17ClN4O/c1-10(25)12-3-5-13(6-4-12)17-15-9-14(20)7-8-16(15)24-11(2)22-23-19(24)18(17)21/h3-10,25H,21H2,1-2H3. The SMILES string of the molecule is Cc1nnc2c(N)c(-c3ccc(C(C)O)cc3)c3cc(Cl)ccc3n12. The van der Waals surface area contributed by atoms with Crippen LogP contribution < -0.4 is 5.73 Å². The van der Waals surface area contributed by atoms with Gasteiger partial charge in [-0.2, -0.15) is 0 Å². The van der Waals surface area contributed by atoms with Gasteiger partial charge >= 0.3 is 0 Å². The number of nitrogens with zero attached hydrogens (tertiary/aromatic N) is 3. The summed E-state index contributed by atoms with van der Waals surface area (Å²) in [5, 5.41) is 19.7. The lowest BCUT2D eigenvalue weighted by Gasteiger charge is -2.14. The molecule has 2 heterocycles. The van der Waals surface area contributed by atoms with Crippen LogP contribution in [0.3, 0.4) is 0 Å². The zero-order chi connectivity index (χ0) is 17.7. The van der Waals surface area contributed by atoms with Crippen LogP contribution in [0.2, 0.25) is 5.02 Å². The monoisotopic (exact) mass is 352 g/mol. The molecule has 0 saturated heterocycles. The van der Waals surface area contributed by atoms with Crippen molar-refractivity contribution in [3.05, 3.63) is 58.9 Å². The molecule has 1 atom stereocenters. The Morgan fingerprint density at radius 1 is 1.12 bits per heavy atom. The van der Waals surface area contributed by atoms with Gasteiger partial charge in [0.1, 0.15) is 5.82 Å². The molecule has 4 aromatic rings. The Kier molecular flexibility index (Phi) is 3.63. The first-order valence-corrected chi connectivity index (χ1v) is 8.36. The minimum absolute atomic E-state index is 0.515. The summed E-state index contributed by atoms with van der Waals surface area (Å²) in [7, 11) is 0. The zero-order valence-corrected chi connectivity index (χ0v) is 14.6. The lowest BCUT2D eigenvalue weighted by Crippen LogP contribution is -2.01. The highest BCUT2D eigenvalue weighted by Gasteiger charge is 2.17. The Hall–Kier alpha value is -2.63. The molecule has 2 aromatic carbocycles. The molecule has 1 unspecified atom stereocenters. The molecule has 0 spiro atoms. The van der Waals surface area contributed by atoms with Gasteiger partial charge in [0.2, 0.25) is 0 Å². The van der Waals surface area contributed by atoms with E-state index in [-0.39, 0.29) is 0 Å². The molecule has 4 rings (SSSR count). The quantitative estimate of drug-likeness (QED) is 0.568. The largest absolute Gasteiger partial charge is 0.395 e. The molecule has 25 heavy (non-hydrogen) atoms. The summed E-state index contributed by atoms with van der Waals surface area (Å²) in [6.07, 6.45) is -0.515. The first kappa shape index (κ1) is 15.9.